The Morgan fingerprint density at radius 2 is 1.79 bits per heavy atom. The van der Waals surface area contributed by atoms with E-state index in [2.05, 4.69) is 10.6 Å². The molecule has 1 unspecified atom stereocenters. The van der Waals surface area contributed by atoms with Gasteiger partial charge in [0.05, 0.1) is 6.61 Å². The number of nitrogens with one attached hydrogen (secondary N) is 2. The van der Waals surface area contributed by atoms with E-state index < -0.39 is 6.04 Å². The predicted octanol–water partition coefficient (Wildman–Crippen LogP) is 1.34. The largest absolute Gasteiger partial charge is 0.383 e. The topological polar surface area (TPSA) is 87.7 Å². The van der Waals surface area contributed by atoms with Gasteiger partial charge in [-0.1, -0.05) is 0 Å². The second kappa shape index (κ2) is 9.82. The molecule has 29 heavy (non-hydrogen) atoms. The molecule has 1 saturated heterocycles. The third kappa shape index (κ3) is 5.76. The summed E-state index contributed by atoms with van der Waals surface area (Å²) in [6, 6.07) is 4.89. The number of piperidine rings is 1. The Bertz CT molecular complexity index is 728. The van der Waals surface area contributed by atoms with Crippen molar-refractivity contribution in [2.24, 2.45) is 11.8 Å². The van der Waals surface area contributed by atoms with Crippen LogP contribution in [0.2, 0.25) is 0 Å². The van der Waals surface area contributed by atoms with Gasteiger partial charge in [-0.3, -0.25) is 14.4 Å². The number of rotatable bonds is 8. The molecule has 7 nitrogen and oxygen atoms in total. The number of carbonyl (C=O) groups is 3. The van der Waals surface area contributed by atoms with E-state index in [0.29, 0.717) is 44.6 Å². The van der Waals surface area contributed by atoms with Crippen LogP contribution in [0.1, 0.15) is 36.0 Å². The Labute approximate surface area is 170 Å². The van der Waals surface area contributed by atoms with Gasteiger partial charge in [-0.05, 0) is 55.9 Å². The molecule has 2 N–H and O–H groups in total. The van der Waals surface area contributed by atoms with Crippen LogP contribution >= 0.6 is 0 Å². The fourth-order valence-electron chi connectivity index (χ4n) is 3.61. The van der Waals surface area contributed by atoms with Crippen molar-refractivity contribution in [3.8, 4) is 0 Å². The minimum atomic E-state index is -0.608. The summed E-state index contributed by atoms with van der Waals surface area (Å²) in [4.78, 5) is 39.3. The molecule has 8 heteroatoms. The maximum atomic E-state index is 13.1. The molecule has 1 aliphatic heterocycles. The summed E-state index contributed by atoms with van der Waals surface area (Å²) in [6.45, 7) is 1.76. The van der Waals surface area contributed by atoms with Crippen molar-refractivity contribution < 1.29 is 23.5 Å². The summed E-state index contributed by atoms with van der Waals surface area (Å²) in [5.41, 5.74) is 0.445. The number of hydrogen-bond acceptors (Lipinski definition) is 4. The van der Waals surface area contributed by atoms with Crippen molar-refractivity contribution in [1.82, 2.24) is 15.5 Å². The van der Waals surface area contributed by atoms with Crippen LogP contribution in [0.3, 0.4) is 0 Å². The maximum Gasteiger partial charge on any atom is 0.253 e. The van der Waals surface area contributed by atoms with Crippen molar-refractivity contribution in [2.75, 3.05) is 33.4 Å². The Hall–Kier alpha value is -2.48. The van der Waals surface area contributed by atoms with E-state index in [4.69, 9.17) is 4.74 Å². The smallest absolute Gasteiger partial charge is 0.253 e. The molecule has 2 aliphatic rings. The second-order valence-electron chi connectivity index (χ2n) is 7.68. The molecule has 2 fully saturated rings. The van der Waals surface area contributed by atoms with Gasteiger partial charge in [0.1, 0.15) is 11.9 Å². The molecule has 3 rings (SSSR count). The fraction of sp³-hybridized carbons (Fsp3) is 0.571. The first-order chi connectivity index (χ1) is 14.0. The first kappa shape index (κ1) is 21.2. The van der Waals surface area contributed by atoms with Crippen LogP contribution < -0.4 is 10.6 Å². The van der Waals surface area contributed by atoms with Crippen molar-refractivity contribution in [2.45, 2.75) is 31.7 Å². The highest BCUT2D eigenvalue weighted by Crippen LogP contribution is 2.30. The van der Waals surface area contributed by atoms with Gasteiger partial charge in [0.15, 0.2) is 0 Å². The molecular formula is C21H28FN3O4. The first-order valence-electron chi connectivity index (χ1n) is 10.1. The van der Waals surface area contributed by atoms with E-state index in [1.165, 1.54) is 24.3 Å². The molecule has 0 aromatic heterocycles. The van der Waals surface area contributed by atoms with E-state index in [1.54, 1.807) is 12.0 Å². The molecule has 1 heterocycles. The van der Waals surface area contributed by atoms with E-state index in [-0.39, 0.29) is 35.4 Å². The zero-order valence-corrected chi connectivity index (χ0v) is 16.7. The van der Waals surface area contributed by atoms with Crippen LogP contribution in [0.15, 0.2) is 24.3 Å². The first-order valence-corrected chi connectivity index (χ1v) is 10.1. The number of ether oxygens (including phenoxy) is 1. The second-order valence-corrected chi connectivity index (χ2v) is 7.68. The molecular weight excluding hydrogens is 377 g/mol. The summed E-state index contributed by atoms with van der Waals surface area (Å²) in [7, 11) is 1.56. The summed E-state index contributed by atoms with van der Waals surface area (Å²) < 4.78 is 18.0. The molecule has 1 saturated carbocycles. The lowest BCUT2D eigenvalue weighted by Gasteiger charge is -2.36. The Kier molecular flexibility index (Phi) is 7.19. The molecule has 0 spiro atoms. The van der Waals surface area contributed by atoms with Gasteiger partial charge in [0.25, 0.3) is 5.91 Å². The Morgan fingerprint density at radius 1 is 1.14 bits per heavy atom. The van der Waals surface area contributed by atoms with Gasteiger partial charge >= 0.3 is 0 Å². The minimum Gasteiger partial charge on any atom is -0.383 e. The summed E-state index contributed by atoms with van der Waals surface area (Å²) in [5.74, 6) is -0.830. The van der Waals surface area contributed by atoms with Crippen molar-refractivity contribution in [1.29, 1.82) is 0 Å². The number of hydrogen-bond donors (Lipinski definition) is 2. The van der Waals surface area contributed by atoms with Gasteiger partial charge in [0.2, 0.25) is 11.8 Å². The van der Waals surface area contributed by atoms with Crippen LogP contribution in [0.25, 0.3) is 0 Å². The predicted molar refractivity (Wildman–Crippen MR) is 105 cm³/mol. The van der Waals surface area contributed by atoms with Crippen molar-refractivity contribution in [3.63, 3.8) is 0 Å². The van der Waals surface area contributed by atoms with Gasteiger partial charge in [0, 0.05) is 38.2 Å². The number of methoxy groups -OCH3 is 1. The molecule has 0 radical (unpaired) electrons. The van der Waals surface area contributed by atoms with Crippen LogP contribution in [-0.2, 0) is 14.3 Å². The third-order valence-corrected chi connectivity index (χ3v) is 5.52. The average Bonchev–Trinajstić information content (AvgIpc) is 3.58. The van der Waals surface area contributed by atoms with Crippen LogP contribution in [0.5, 0.6) is 0 Å². The minimum absolute atomic E-state index is 0.0180. The molecule has 1 aliphatic carbocycles. The molecule has 0 bridgehead atoms. The number of likely N-dealkylation sites (tertiary alicyclic amines) is 1. The standard InChI is InChI=1S/C21H28FN3O4/c1-29-13-10-23-20(27)18(24-19(26)15-2-3-15)14-8-11-25(12-9-14)21(28)16-4-6-17(22)7-5-16/h4-7,14-15,18H,2-3,8-13H2,1H3,(H,23,27)(H,24,26). The van der Waals surface area contributed by atoms with Crippen LogP contribution in [0.4, 0.5) is 4.39 Å². The van der Waals surface area contributed by atoms with Crippen molar-refractivity contribution in [3.05, 3.63) is 35.6 Å². The summed E-state index contributed by atoms with van der Waals surface area (Å²) in [5, 5.41) is 5.74. The monoisotopic (exact) mass is 405 g/mol. The van der Waals surface area contributed by atoms with E-state index in [1.807, 2.05) is 0 Å². The zero-order valence-electron chi connectivity index (χ0n) is 16.7. The fourth-order valence-corrected chi connectivity index (χ4v) is 3.61. The normalized spacial score (nSPS) is 18.2. The highest BCUT2D eigenvalue weighted by molar-refractivity contribution is 5.94. The van der Waals surface area contributed by atoms with Gasteiger partial charge in [-0.2, -0.15) is 0 Å². The quantitative estimate of drug-likeness (QED) is 0.639. The Morgan fingerprint density at radius 3 is 2.38 bits per heavy atom. The SMILES string of the molecule is COCCNC(=O)C(NC(=O)C1CC1)C1CCN(C(=O)c2ccc(F)cc2)CC1. The van der Waals surface area contributed by atoms with Crippen molar-refractivity contribution >= 4 is 17.7 Å². The summed E-state index contributed by atoms with van der Waals surface area (Å²) in [6.07, 6.45) is 2.96. The number of carbonyl (C=O) groups excluding carboxylic acids is 3. The average molecular weight is 405 g/mol. The van der Waals surface area contributed by atoms with Crippen LogP contribution in [0, 0.1) is 17.7 Å². The van der Waals surface area contributed by atoms with E-state index >= 15 is 0 Å². The number of halogens is 1. The summed E-state index contributed by atoms with van der Waals surface area (Å²) >= 11 is 0. The number of amides is 3. The molecule has 158 valence electrons. The zero-order chi connectivity index (χ0) is 20.8. The van der Waals surface area contributed by atoms with Gasteiger partial charge in [-0.15, -0.1) is 0 Å². The number of nitrogens with zero attached hydrogens (tertiary/aromatic N) is 1. The molecule has 3 amide bonds. The van der Waals surface area contributed by atoms with E-state index in [9.17, 15) is 18.8 Å². The molecule has 1 atom stereocenters. The lowest BCUT2D eigenvalue weighted by atomic mass is 9.88. The lowest BCUT2D eigenvalue weighted by molar-refractivity contribution is -0.131. The molecule has 1 aromatic carbocycles. The third-order valence-electron chi connectivity index (χ3n) is 5.52. The van der Waals surface area contributed by atoms with Gasteiger partial charge < -0.3 is 20.3 Å². The maximum absolute atomic E-state index is 13.1. The lowest BCUT2D eigenvalue weighted by Crippen LogP contribution is -2.54. The van der Waals surface area contributed by atoms with Gasteiger partial charge in [-0.25, -0.2) is 4.39 Å². The van der Waals surface area contributed by atoms with Crippen LogP contribution in [-0.4, -0.2) is 62.0 Å². The molecule has 1 aromatic rings. The Balaban J connectivity index is 1.59. The highest BCUT2D eigenvalue weighted by Gasteiger charge is 2.37. The highest BCUT2D eigenvalue weighted by atomic mass is 19.1. The van der Waals surface area contributed by atoms with E-state index in [0.717, 1.165) is 12.8 Å². The number of benzene rings is 1.